The summed E-state index contributed by atoms with van der Waals surface area (Å²) in [5.74, 6) is 0.523. The normalized spacial score (nSPS) is 16.4. The number of hydrogen-bond acceptors (Lipinski definition) is 4. The molecule has 144 valence electrons. The topological polar surface area (TPSA) is 64.1 Å². The molecule has 1 aliphatic carbocycles. The molecule has 4 nitrogen and oxygen atoms in total. The van der Waals surface area contributed by atoms with Crippen LogP contribution in [0.15, 0.2) is 47.5 Å². The summed E-state index contributed by atoms with van der Waals surface area (Å²) in [6, 6.07) is 10.7. The summed E-state index contributed by atoms with van der Waals surface area (Å²) in [6.07, 6.45) is 8.95. The minimum Gasteiger partial charge on any atom is -0.299 e. The van der Waals surface area contributed by atoms with Crippen LogP contribution in [-0.4, -0.2) is 25.4 Å². The predicted molar refractivity (Wildman–Crippen MR) is 107 cm³/mol. The molecule has 0 N–H and O–H groups in total. The fourth-order valence-electron chi connectivity index (χ4n) is 3.88. The lowest BCUT2D eigenvalue weighted by Gasteiger charge is -2.20. The van der Waals surface area contributed by atoms with E-state index in [4.69, 9.17) is 0 Å². The summed E-state index contributed by atoms with van der Waals surface area (Å²) in [7, 11) is -3.24. The molecule has 0 radical (unpaired) electrons. The molecule has 0 aliphatic heterocycles. The quantitative estimate of drug-likeness (QED) is 0.714. The van der Waals surface area contributed by atoms with Crippen LogP contribution in [0.3, 0.4) is 0 Å². The number of ketones is 1. The fourth-order valence-corrected chi connectivity index (χ4v) is 4.52. The van der Waals surface area contributed by atoms with Crippen LogP contribution in [-0.2, 0) is 21.1 Å². The van der Waals surface area contributed by atoms with Gasteiger partial charge in [-0.3, -0.25) is 9.78 Å². The highest BCUT2D eigenvalue weighted by Gasteiger charge is 2.27. The summed E-state index contributed by atoms with van der Waals surface area (Å²) >= 11 is 0. The van der Waals surface area contributed by atoms with Gasteiger partial charge in [0, 0.05) is 30.5 Å². The van der Waals surface area contributed by atoms with Gasteiger partial charge >= 0.3 is 0 Å². The Balaban J connectivity index is 1.83. The van der Waals surface area contributed by atoms with Crippen molar-refractivity contribution >= 4 is 15.6 Å². The van der Waals surface area contributed by atoms with Crippen LogP contribution in [0.2, 0.25) is 0 Å². The number of aromatic nitrogens is 1. The van der Waals surface area contributed by atoms with Crippen molar-refractivity contribution in [3.63, 3.8) is 0 Å². The van der Waals surface area contributed by atoms with E-state index in [1.165, 1.54) is 31.9 Å². The molecule has 0 amide bonds. The minimum atomic E-state index is -3.24. The molecule has 0 saturated heterocycles. The molecule has 5 heteroatoms. The average Bonchev–Trinajstić information content (AvgIpc) is 3.14. The largest absolute Gasteiger partial charge is 0.299 e. The van der Waals surface area contributed by atoms with Crippen LogP contribution in [0.4, 0.5) is 0 Å². The van der Waals surface area contributed by atoms with Crippen molar-refractivity contribution in [3.8, 4) is 0 Å². The van der Waals surface area contributed by atoms with E-state index in [9.17, 15) is 13.2 Å². The summed E-state index contributed by atoms with van der Waals surface area (Å²) in [4.78, 5) is 17.8. The number of carbonyl (C=O) groups excluding carboxylic acids is 1. The number of pyridine rings is 1. The molecule has 1 heterocycles. The van der Waals surface area contributed by atoms with Crippen molar-refractivity contribution in [2.75, 3.05) is 6.26 Å². The third-order valence-electron chi connectivity index (χ3n) is 5.47. The molecule has 0 spiro atoms. The Hall–Kier alpha value is -2.01. The Morgan fingerprint density at radius 3 is 2.33 bits per heavy atom. The molecule has 0 unspecified atom stereocenters. The zero-order valence-electron chi connectivity index (χ0n) is 16.0. The van der Waals surface area contributed by atoms with E-state index in [0.29, 0.717) is 17.2 Å². The fraction of sp³-hybridized carbons (Fsp3) is 0.455. The molecule has 3 rings (SSSR count). The minimum absolute atomic E-state index is 0.158. The van der Waals surface area contributed by atoms with Gasteiger partial charge in [0.15, 0.2) is 9.84 Å². The van der Waals surface area contributed by atoms with Crippen molar-refractivity contribution in [1.82, 2.24) is 4.98 Å². The van der Waals surface area contributed by atoms with Crippen LogP contribution < -0.4 is 0 Å². The first-order valence-corrected chi connectivity index (χ1v) is 11.5. The number of nitrogens with zero attached hydrogens (tertiary/aromatic N) is 1. The van der Waals surface area contributed by atoms with E-state index in [-0.39, 0.29) is 11.7 Å². The number of carbonyl (C=O) groups is 1. The van der Waals surface area contributed by atoms with E-state index in [1.54, 1.807) is 30.5 Å². The summed E-state index contributed by atoms with van der Waals surface area (Å²) in [6.45, 7) is 1.98. The van der Waals surface area contributed by atoms with Gasteiger partial charge in [-0.05, 0) is 48.6 Å². The van der Waals surface area contributed by atoms with E-state index in [0.717, 1.165) is 23.2 Å². The molecule has 27 heavy (non-hydrogen) atoms. The maximum Gasteiger partial charge on any atom is 0.175 e. The van der Waals surface area contributed by atoms with Gasteiger partial charge in [0.2, 0.25) is 0 Å². The molecule has 2 aromatic rings. The number of benzene rings is 1. The molecule has 1 aromatic carbocycles. The number of hydrogen-bond donors (Lipinski definition) is 0. The molecule has 0 bridgehead atoms. The summed E-state index contributed by atoms with van der Waals surface area (Å²) < 4.78 is 23.4. The first-order valence-electron chi connectivity index (χ1n) is 9.57. The first-order chi connectivity index (χ1) is 12.8. The van der Waals surface area contributed by atoms with Crippen molar-refractivity contribution in [3.05, 3.63) is 59.4 Å². The van der Waals surface area contributed by atoms with Crippen molar-refractivity contribution in [1.29, 1.82) is 0 Å². The highest BCUT2D eigenvalue weighted by atomic mass is 32.2. The lowest BCUT2D eigenvalue weighted by atomic mass is 9.83. The zero-order chi connectivity index (χ0) is 19.4. The molecular formula is C22H27NO3S. The predicted octanol–water partition coefficient (Wildman–Crippen LogP) is 4.27. The number of sulfone groups is 1. The monoisotopic (exact) mass is 385 g/mol. The van der Waals surface area contributed by atoms with Gasteiger partial charge in [-0.2, -0.15) is 0 Å². The van der Waals surface area contributed by atoms with Crippen LogP contribution in [0, 0.1) is 12.8 Å². The van der Waals surface area contributed by atoms with Gasteiger partial charge in [0.05, 0.1) is 4.90 Å². The van der Waals surface area contributed by atoms with Gasteiger partial charge in [0.1, 0.15) is 5.78 Å². The molecule has 1 aliphatic rings. The highest BCUT2D eigenvalue weighted by molar-refractivity contribution is 7.90. The maximum absolute atomic E-state index is 13.1. The molecule has 1 fully saturated rings. The second-order valence-corrected chi connectivity index (χ2v) is 9.77. The Morgan fingerprint density at radius 1 is 1.11 bits per heavy atom. The van der Waals surface area contributed by atoms with Crippen LogP contribution in [0.25, 0.3) is 0 Å². The number of rotatable bonds is 7. The third-order valence-corrected chi connectivity index (χ3v) is 6.60. The highest BCUT2D eigenvalue weighted by Crippen LogP contribution is 2.35. The number of Topliss-reactive ketones (excluding diaryl/α,β-unsaturated/α-hetero) is 1. The van der Waals surface area contributed by atoms with Gasteiger partial charge in [0.25, 0.3) is 0 Å². The van der Waals surface area contributed by atoms with Crippen molar-refractivity contribution in [2.24, 2.45) is 5.92 Å². The van der Waals surface area contributed by atoms with E-state index in [2.05, 4.69) is 4.98 Å². The SMILES string of the molecule is Cc1ccc(CC(=O)[C@H](CC2CCCC2)c2ccc(S(C)(=O)=O)cc2)nc1. The second kappa shape index (κ2) is 8.34. The second-order valence-electron chi connectivity index (χ2n) is 7.75. The van der Waals surface area contributed by atoms with Crippen LogP contribution in [0.5, 0.6) is 0 Å². The molecule has 1 atom stereocenters. The lowest BCUT2D eigenvalue weighted by Crippen LogP contribution is -2.18. The molecule has 1 aromatic heterocycles. The van der Waals surface area contributed by atoms with Gasteiger partial charge in [-0.1, -0.05) is 43.9 Å². The first kappa shape index (κ1) is 19.7. The van der Waals surface area contributed by atoms with E-state index in [1.807, 2.05) is 19.1 Å². The van der Waals surface area contributed by atoms with Crippen LogP contribution in [0.1, 0.15) is 54.8 Å². The van der Waals surface area contributed by atoms with Crippen LogP contribution >= 0.6 is 0 Å². The Labute approximate surface area is 162 Å². The average molecular weight is 386 g/mol. The third kappa shape index (κ3) is 5.25. The number of aryl methyl sites for hydroxylation is 1. The van der Waals surface area contributed by atoms with E-state index >= 15 is 0 Å². The zero-order valence-corrected chi connectivity index (χ0v) is 16.8. The lowest BCUT2D eigenvalue weighted by molar-refractivity contribution is -0.120. The standard InChI is InChI=1S/C22H27NO3S/c1-16-7-10-19(23-15-16)14-22(24)21(13-17-5-3-4-6-17)18-8-11-20(12-9-18)27(2,25)26/h7-12,15,17,21H,3-6,13-14H2,1-2H3/t21-/m1/s1. The Kier molecular flexibility index (Phi) is 6.10. The Bertz CT molecular complexity index is 880. The van der Waals surface area contributed by atoms with Crippen molar-refractivity contribution < 1.29 is 13.2 Å². The molecular weight excluding hydrogens is 358 g/mol. The van der Waals surface area contributed by atoms with Crippen molar-refractivity contribution in [2.45, 2.75) is 56.3 Å². The molecule has 1 saturated carbocycles. The Morgan fingerprint density at radius 2 is 1.78 bits per heavy atom. The maximum atomic E-state index is 13.1. The van der Waals surface area contributed by atoms with Gasteiger partial charge < -0.3 is 0 Å². The summed E-state index contributed by atoms with van der Waals surface area (Å²) in [5.41, 5.74) is 2.77. The van der Waals surface area contributed by atoms with Gasteiger partial charge in [-0.25, -0.2) is 8.42 Å². The van der Waals surface area contributed by atoms with E-state index < -0.39 is 9.84 Å². The van der Waals surface area contributed by atoms with Gasteiger partial charge in [-0.15, -0.1) is 0 Å². The smallest absolute Gasteiger partial charge is 0.175 e. The summed E-state index contributed by atoms with van der Waals surface area (Å²) in [5, 5.41) is 0.